The van der Waals surface area contributed by atoms with E-state index >= 15 is 0 Å². The van der Waals surface area contributed by atoms with Gasteiger partial charge >= 0.3 is 0 Å². The number of benzene rings is 1. The van der Waals surface area contributed by atoms with Crippen LogP contribution in [0.25, 0.3) is 0 Å². The second-order valence-corrected chi connectivity index (χ2v) is 9.00. The van der Waals surface area contributed by atoms with E-state index in [2.05, 4.69) is 5.32 Å². The molecule has 2 aliphatic rings. The van der Waals surface area contributed by atoms with Crippen molar-refractivity contribution in [2.24, 2.45) is 5.92 Å². The molecule has 1 N–H and O–H groups in total. The first-order valence-electron chi connectivity index (χ1n) is 8.79. The number of carbonyl (C=O) groups is 1. The molecule has 5 nitrogen and oxygen atoms in total. The molecule has 1 unspecified atom stereocenters. The Kier molecular flexibility index (Phi) is 5.13. The largest absolute Gasteiger partial charge is 0.379 e. The van der Waals surface area contributed by atoms with E-state index in [4.69, 9.17) is 0 Å². The lowest BCUT2D eigenvalue weighted by Crippen LogP contribution is -2.36. The van der Waals surface area contributed by atoms with Crippen LogP contribution in [-0.2, 0) is 14.6 Å². The Bertz CT molecular complexity index is 696. The van der Waals surface area contributed by atoms with Crippen molar-refractivity contribution < 1.29 is 13.2 Å². The molecule has 0 radical (unpaired) electrons. The van der Waals surface area contributed by atoms with Crippen LogP contribution in [0.15, 0.2) is 29.2 Å². The van der Waals surface area contributed by atoms with Gasteiger partial charge in [-0.05, 0) is 31.4 Å². The highest BCUT2D eigenvalue weighted by molar-refractivity contribution is 7.90. The molecule has 1 atom stereocenters. The van der Waals surface area contributed by atoms with Gasteiger partial charge in [-0.2, -0.15) is 0 Å². The van der Waals surface area contributed by atoms with E-state index in [9.17, 15) is 13.2 Å². The molecule has 0 bridgehead atoms. The Morgan fingerprint density at radius 1 is 1.12 bits per heavy atom. The average molecular weight is 350 g/mol. The third-order valence-corrected chi connectivity index (χ3v) is 6.26. The summed E-state index contributed by atoms with van der Waals surface area (Å²) >= 11 is 0. The molecular weight excluding hydrogens is 324 g/mol. The van der Waals surface area contributed by atoms with Crippen LogP contribution in [0.1, 0.15) is 38.5 Å². The Morgan fingerprint density at radius 2 is 1.83 bits per heavy atom. The van der Waals surface area contributed by atoms with Gasteiger partial charge in [-0.3, -0.25) is 4.79 Å². The molecule has 1 aromatic carbocycles. The van der Waals surface area contributed by atoms with Crippen molar-refractivity contribution in [2.45, 2.75) is 49.5 Å². The number of hydrogen-bond donors (Lipinski definition) is 1. The molecule has 1 heterocycles. The van der Waals surface area contributed by atoms with E-state index in [-0.39, 0.29) is 17.9 Å². The topological polar surface area (TPSA) is 66.5 Å². The Labute approximate surface area is 144 Å². The second-order valence-electron chi connectivity index (χ2n) is 7.02. The smallest absolute Gasteiger partial charge is 0.225 e. The van der Waals surface area contributed by atoms with Crippen molar-refractivity contribution in [3.05, 3.63) is 24.3 Å². The number of nitrogens with zero attached hydrogens (tertiary/aromatic N) is 1. The lowest BCUT2D eigenvalue weighted by atomic mass is 9.88. The van der Waals surface area contributed by atoms with E-state index in [0.29, 0.717) is 17.1 Å². The first-order chi connectivity index (χ1) is 11.4. The summed E-state index contributed by atoms with van der Waals surface area (Å²) in [6.45, 7) is 1.42. The number of sulfone groups is 1. The number of likely N-dealkylation sites (tertiary alicyclic amines) is 1. The molecule has 0 spiro atoms. The van der Waals surface area contributed by atoms with Gasteiger partial charge in [-0.15, -0.1) is 0 Å². The van der Waals surface area contributed by atoms with E-state index in [1.165, 1.54) is 12.7 Å². The van der Waals surface area contributed by atoms with Crippen LogP contribution in [-0.4, -0.2) is 44.6 Å². The van der Waals surface area contributed by atoms with Gasteiger partial charge < -0.3 is 10.2 Å². The molecule has 3 rings (SSSR count). The highest BCUT2D eigenvalue weighted by Gasteiger charge is 2.31. The summed E-state index contributed by atoms with van der Waals surface area (Å²) in [4.78, 5) is 14.9. The molecule has 1 saturated heterocycles. The quantitative estimate of drug-likeness (QED) is 0.907. The minimum atomic E-state index is -3.27. The fourth-order valence-electron chi connectivity index (χ4n) is 3.82. The number of nitrogens with one attached hydrogen (secondary N) is 1. The molecule has 24 heavy (non-hydrogen) atoms. The maximum absolute atomic E-state index is 12.6. The Balaban J connectivity index is 1.64. The molecule has 2 fully saturated rings. The van der Waals surface area contributed by atoms with Crippen molar-refractivity contribution in [3.8, 4) is 0 Å². The van der Waals surface area contributed by atoms with Crippen LogP contribution >= 0.6 is 0 Å². The van der Waals surface area contributed by atoms with Gasteiger partial charge in [0.1, 0.15) is 0 Å². The molecular formula is C18H26N2O3S. The summed E-state index contributed by atoms with van der Waals surface area (Å²) in [6, 6.07) is 7.09. The molecule has 0 aromatic heterocycles. The predicted molar refractivity (Wildman–Crippen MR) is 94.7 cm³/mol. The van der Waals surface area contributed by atoms with Crippen molar-refractivity contribution in [3.63, 3.8) is 0 Å². The minimum absolute atomic E-state index is 0.112. The SMILES string of the molecule is CS(=O)(=O)c1ccccc1NC1CCN(C(=O)C2CCCCC2)C1. The fourth-order valence-corrected chi connectivity index (χ4v) is 4.67. The van der Waals surface area contributed by atoms with Crippen molar-refractivity contribution >= 4 is 21.4 Å². The summed E-state index contributed by atoms with van der Waals surface area (Å²) in [6.07, 6.45) is 7.68. The molecule has 1 aromatic rings. The Morgan fingerprint density at radius 3 is 2.54 bits per heavy atom. The summed E-state index contributed by atoms with van der Waals surface area (Å²) in [5, 5.41) is 3.33. The van der Waals surface area contributed by atoms with Crippen molar-refractivity contribution in [2.75, 3.05) is 24.7 Å². The van der Waals surface area contributed by atoms with Crippen LogP contribution < -0.4 is 5.32 Å². The zero-order valence-electron chi connectivity index (χ0n) is 14.2. The first-order valence-corrected chi connectivity index (χ1v) is 10.7. The number of para-hydroxylation sites is 1. The predicted octanol–water partition coefficient (Wildman–Crippen LogP) is 2.68. The number of hydrogen-bond acceptors (Lipinski definition) is 4. The summed E-state index contributed by atoms with van der Waals surface area (Å²) < 4.78 is 23.8. The third kappa shape index (κ3) is 3.91. The zero-order valence-corrected chi connectivity index (χ0v) is 15.0. The fraction of sp³-hybridized carbons (Fsp3) is 0.611. The van der Waals surface area contributed by atoms with Crippen LogP contribution in [0.4, 0.5) is 5.69 Å². The number of anilines is 1. The maximum Gasteiger partial charge on any atom is 0.225 e. The lowest BCUT2D eigenvalue weighted by Gasteiger charge is -2.26. The molecule has 1 amide bonds. The summed E-state index contributed by atoms with van der Waals surface area (Å²) in [5.74, 6) is 0.483. The van der Waals surface area contributed by atoms with E-state index in [1.807, 2.05) is 11.0 Å². The second kappa shape index (κ2) is 7.13. The van der Waals surface area contributed by atoms with Crippen LogP contribution in [0, 0.1) is 5.92 Å². The average Bonchev–Trinajstić information content (AvgIpc) is 3.03. The minimum Gasteiger partial charge on any atom is -0.379 e. The molecule has 6 heteroatoms. The van der Waals surface area contributed by atoms with Crippen molar-refractivity contribution in [1.29, 1.82) is 0 Å². The highest BCUT2D eigenvalue weighted by Crippen LogP contribution is 2.28. The number of carbonyl (C=O) groups excluding carboxylic acids is 1. The highest BCUT2D eigenvalue weighted by atomic mass is 32.2. The first kappa shape index (κ1) is 17.3. The van der Waals surface area contributed by atoms with E-state index < -0.39 is 9.84 Å². The van der Waals surface area contributed by atoms with Gasteiger partial charge in [-0.1, -0.05) is 31.4 Å². The molecule has 1 aliphatic carbocycles. The van der Waals surface area contributed by atoms with Crippen molar-refractivity contribution in [1.82, 2.24) is 4.90 Å². The van der Waals surface area contributed by atoms with E-state index in [1.54, 1.807) is 18.2 Å². The van der Waals surface area contributed by atoms with E-state index in [0.717, 1.165) is 38.6 Å². The van der Waals surface area contributed by atoms with Gasteiger partial charge in [0.15, 0.2) is 9.84 Å². The summed E-state index contributed by atoms with van der Waals surface area (Å²) in [5.41, 5.74) is 0.636. The standard InChI is InChI=1S/C18H26N2O3S/c1-24(22,23)17-10-6-5-9-16(17)19-15-11-12-20(13-15)18(21)14-7-3-2-4-8-14/h5-6,9-10,14-15,19H,2-4,7-8,11-13H2,1H3. The molecule has 1 aliphatic heterocycles. The third-order valence-electron chi connectivity index (χ3n) is 5.10. The monoisotopic (exact) mass is 350 g/mol. The Hall–Kier alpha value is -1.56. The van der Waals surface area contributed by atoms with Crippen LogP contribution in [0.2, 0.25) is 0 Å². The van der Waals surface area contributed by atoms with Gasteiger partial charge in [0.25, 0.3) is 0 Å². The van der Waals surface area contributed by atoms with Crippen LogP contribution in [0.3, 0.4) is 0 Å². The normalized spacial score (nSPS) is 22.5. The van der Waals surface area contributed by atoms with Gasteiger partial charge in [0.05, 0.1) is 10.6 Å². The molecule has 132 valence electrons. The summed E-state index contributed by atoms with van der Waals surface area (Å²) in [7, 11) is -3.27. The number of rotatable bonds is 4. The van der Waals surface area contributed by atoms with Gasteiger partial charge in [-0.25, -0.2) is 8.42 Å². The van der Waals surface area contributed by atoms with Gasteiger partial charge in [0, 0.05) is 31.3 Å². The number of amides is 1. The molecule has 1 saturated carbocycles. The maximum atomic E-state index is 12.6. The zero-order chi connectivity index (χ0) is 17.2. The lowest BCUT2D eigenvalue weighted by molar-refractivity contribution is -0.135. The van der Waals surface area contributed by atoms with Gasteiger partial charge in [0.2, 0.25) is 5.91 Å². The van der Waals surface area contributed by atoms with Crippen LogP contribution in [0.5, 0.6) is 0 Å².